The first kappa shape index (κ1) is 20.2. The van der Waals surface area contributed by atoms with E-state index in [0.29, 0.717) is 23.1 Å². The molecule has 5 N–H and O–H groups in total. The lowest BCUT2D eigenvalue weighted by atomic mass is 10.1. The van der Waals surface area contributed by atoms with Gasteiger partial charge in [-0.3, -0.25) is 5.10 Å². The van der Waals surface area contributed by atoms with Crippen molar-refractivity contribution in [3.63, 3.8) is 0 Å². The number of aromatic amines is 1. The van der Waals surface area contributed by atoms with Crippen LogP contribution in [0.4, 0.5) is 36.6 Å². The normalized spacial score (nSPS) is 11.9. The zero-order valence-electron chi connectivity index (χ0n) is 16.3. The molecule has 1 atom stereocenters. The molecule has 4 rings (SSSR count). The number of hydrogen-bond donors (Lipinski definition) is 4. The van der Waals surface area contributed by atoms with Gasteiger partial charge in [-0.15, -0.1) is 0 Å². The van der Waals surface area contributed by atoms with Crippen molar-refractivity contribution in [2.45, 2.75) is 13.0 Å². The third-order valence-electron chi connectivity index (χ3n) is 4.53. The number of nitrogens with one attached hydrogen (secondary N) is 3. The predicted octanol–water partition coefficient (Wildman–Crippen LogP) is 4.78. The second-order valence-corrected chi connectivity index (χ2v) is 6.83. The minimum Gasteiger partial charge on any atom is -0.368 e. The lowest BCUT2D eigenvalue weighted by Gasteiger charge is -2.16. The Morgan fingerprint density at radius 3 is 2.32 bits per heavy atom. The number of nitrogen functional groups attached to an aromatic ring is 1. The van der Waals surface area contributed by atoms with E-state index in [1.807, 2.05) is 0 Å². The highest BCUT2D eigenvalue weighted by Gasteiger charge is 2.14. The van der Waals surface area contributed by atoms with Crippen LogP contribution in [0.3, 0.4) is 0 Å². The van der Waals surface area contributed by atoms with E-state index >= 15 is 0 Å². The second kappa shape index (κ2) is 8.34. The van der Waals surface area contributed by atoms with Crippen molar-refractivity contribution >= 4 is 23.4 Å². The molecule has 0 aliphatic rings. The minimum absolute atomic E-state index is 0.00595. The zero-order chi connectivity index (χ0) is 22.0. The van der Waals surface area contributed by atoms with E-state index in [0.717, 1.165) is 11.6 Å². The maximum absolute atomic E-state index is 14.0. The summed E-state index contributed by atoms with van der Waals surface area (Å²) in [5.41, 5.74) is 7.53. The summed E-state index contributed by atoms with van der Waals surface area (Å²) in [4.78, 5) is 8.22. The monoisotopic (exact) mass is 425 g/mol. The molecular formula is C21H18F3N7. The molecule has 0 aliphatic heterocycles. The number of benzene rings is 2. The fourth-order valence-corrected chi connectivity index (χ4v) is 3.05. The van der Waals surface area contributed by atoms with Gasteiger partial charge in [0.2, 0.25) is 5.95 Å². The number of rotatable bonds is 6. The number of H-pyrrole nitrogens is 1. The maximum Gasteiger partial charge on any atom is 0.223 e. The topological polar surface area (TPSA) is 105 Å². The average molecular weight is 425 g/mol. The number of hydrogen-bond acceptors (Lipinski definition) is 6. The molecule has 0 aliphatic carbocycles. The molecule has 0 radical (unpaired) electrons. The van der Waals surface area contributed by atoms with Crippen LogP contribution in [0.15, 0.2) is 54.6 Å². The van der Waals surface area contributed by atoms with Gasteiger partial charge in [0.1, 0.15) is 29.1 Å². The van der Waals surface area contributed by atoms with Gasteiger partial charge in [-0.2, -0.15) is 15.1 Å². The molecular weight excluding hydrogens is 407 g/mol. The molecule has 0 amide bonds. The Morgan fingerprint density at radius 1 is 0.871 bits per heavy atom. The summed E-state index contributed by atoms with van der Waals surface area (Å²) < 4.78 is 40.3. The molecule has 0 fully saturated rings. The van der Waals surface area contributed by atoms with Crippen LogP contribution in [0.2, 0.25) is 0 Å². The van der Waals surface area contributed by atoms with Crippen molar-refractivity contribution in [3.05, 3.63) is 77.6 Å². The molecule has 4 aromatic rings. The maximum atomic E-state index is 14.0. The molecule has 1 unspecified atom stereocenters. The molecule has 158 valence electrons. The lowest BCUT2D eigenvalue weighted by Crippen LogP contribution is -2.12. The van der Waals surface area contributed by atoms with Crippen LogP contribution >= 0.6 is 0 Å². The van der Waals surface area contributed by atoms with Crippen LogP contribution in [0.25, 0.3) is 11.3 Å². The number of aromatic nitrogens is 4. The van der Waals surface area contributed by atoms with Crippen molar-refractivity contribution in [2.75, 3.05) is 16.4 Å². The first-order valence-electron chi connectivity index (χ1n) is 9.32. The van der Waals surface area contributed by atoms with Crippen LogP contribution in [0.1, 0.15) is 18.5 Å². The smallest absolute Gasteiger partial charge is 0.223 e. The van der Waals surface area contributed by atoms with Gasteiger partial charge in [0.25, 0.3) is 0 Å². The van der Waals surface area contributed by atoms with Gasteiger partial charge in [-0.25, -0.2) is 13.2 Å². The number of halogens is 3. The largest absolute Gasteiger partial charge is 0.368 e. The average Bonchev–Trinajstić information content (AvgIpc) is 3.16. The SMILES string of the molecule is CC(Nc1cc(Nc2cc(-c3ccc(F)cc3)[nH]n2)nc(N)n1)c1ccc(F)cc1F. The van der Waals surface area contributed by atoms with Crippen LogP contribution in [-0.4, -0.2) is 20.2 Å². The Labute approximate surface area is 175 Å². The molecule has 7 nitrogen and oxygen atoms in total. The van der Waals surface area contributed by atoms with Gasteiger partial charge in [-0.05, 0) is 42.8 Å². The van der Waals surface area contributed by atoms with Crippen molar-refractivity contribution in [3.8, 4) is 11.3 Å². The van der Waals surface area contributed by atoms with Crippen LogP contribution in [0, 0.1) is 17.5 Å². The number of nitrogens with two attached hydrogens (primary N) is 1. The molecule has 2 aromatic heterocycles. The molecule has 0 saturated carbocycles. The summed E-state index contributed by atoms with van der Waals surface area (Å²) in [6.07, 6.45) is 0. The van der Waals surface area contributed by atoms with Crippen molar-refractivity contribution < 1.29 is 13.2 Å². The highest BCUT2D eigenvalue weighted by molar-refractivity contribution is 5.66. The molecule has 0 saturated heterocycles. The highest BCUT2D eigenvalue weighted by atomic mass is 19.1. The van der Waals surface area contributed by atoms with E-state index in [1.54, 1.807) is 31.2 Å². The highest BCUT2D eigenvalue weighted by Crippen LogP contribution is 2.25. The fraction of sp³-hybridized carbons (Fsp3) is 0.0952. The zero-order valence-corrected chi connectivity index (χ0v) is 16.3. The Kier molecular flexibility index (Phi) is 5.44. The van der Waals surface area contributed by atoms with Crippen molar-refractivity contribution in [1.29, 1.82) is 0 Å². The second-order valence-electron chi connectivity index (χ2n) is 6.83. The molecule has 2 heterocycles. The van der Waals surface area contributed by atoms with Gasteiger partial charge in [-0.1, -0.05) is 6.07 Å². The molecule has 0 spiro atoms. The summed E-state index contributed by atoms with van der Waals surface area (Å²) in [5, 5.41) is 13.1. The van der Waals surface area contributed by atoms with Crippen molar-refractivity contribution in [2.24, 2.45) is 0 Å². The number of anilines is 4. The summed E-state index contributed by atoms with van der Waals surface area (Å²) in [6, 6.07) is 12.2. The third-order valence-corrected chi connectivity index (χ3v) is 4.53. The fourth-order valence-electron chi connectivity index (χ4n) is 3.05. The molecule has 31 heavy (non-hydrogen) atoms. The van der Waals surface area contributed by atoms with Gasteiger partial charge in [0.15, 0.2) is 5.82 Å². The summed E-state index contributed by atoms with van der Waals surface area (Å²) in [5.74, 6) is -0.475. The third kappa shape index (κ3) is 4.74. The number of nitrogens with zero attached hydrogens (tertiary/aromatic N) is 3. The summed E-state index contributed by atoms with van der Waals surface area (Å²) >= 11 is 0. The quantitative estimate of drug-likeness (QED) is 0.354. The Hall–Kier alpha value is -4.08. The first-order valence-corrected chi connectivity index (χ1v) is 9.32. The lowest BCUT2D eigenvalue weighted by molar-refractivity contribution is 0.566. The summed E-state index contributed by atoms with van der Waals surface area (Å²) in [7, 11) is 0. The van der Waals surface area contributed by atoms with E-state index < -0.39 is 17.7 Å². The standard InChI is InChI=1S/C21H18F3N7/c1-11(15-7-6-14(23)8-16(15)24)26-18-10-19(29-21(25)28-18)27-20-9-17(30-31-20)12-2-4-13(22)5-3-12/h2-11H,1H3,(H5,25,26,27,28,29,30,31). The van der Waals surface area contributed by atoms with Crippen LogP contribution in [-0.2, 0) is 0 Å². The van der Waals surface area contributed by atoms with Crippen molar-refractivity contribution in [1.82, 2.24) is 20.2 Å². The predicted molar refractivity (Wildman–Crippen MR) is 112 cm³/mol. The van der Waals surface area contributed by atoms with E-state index in [1.165, 1.54) is 24.3 Å². The van der Waals surface area contributed by atoms with Gasteiger partial charge >= 0.3 is 0 Å². The van der Waals surface area contributed by atoms with Crippen LogP contribution < -0.4 is 16.4 Å². The summed E-state index contributed by atoms with van der Waals surface area (Å²) in [6.45, 7) is 1.71. The Morgan fingerprint density at radius 2 is 1.58 bits per heavy atom. The van der Waals surface area contributed by atoms with Gasteiger partial charge in [0.05, 0.1) is 11.7 Å². The van der Waals surface area contributed by atoms with E-state index in [9.17, 15) is 13.2 Å². The Bertz CT molecular complexity index is 1210. The van der Waals surface area contributed by atoms with E-state index in [4.69, 9.17) is 5.73 Å². The first-order chi connectivity index (χ1) is 14.9. The molecule has 10 heteroatoms. The van der Waals surface area contributed by atoms with E-state index in [-0.39, 0.29) is 17.3 Å². The molecule has 0 bridgehead atoms. The van der Waals surface area contributed by atoms with Gasteiger partial charge < -0.3 is 16.4 Å². The Balaban J connectivity index is 1.51. The van der Waals surface area contributed by atoms with E-state index in [2.05, 4.69) is 30.8 Å². The van der Waals surface area contributed by atoms with Gasteiger partial charge in [0, 0.05) is 23.8 Å². The molecule has 2 aromatic carbocycles. The minimum atomic E-state index is -0.662. The van der Waals surface area contributed by atoms with Crippen LogP contribution in [0.5, 0.6) is 0 Å².